The molecule has 0 aliphatic heterocycles. The zero-order chi connectivity index (χ0) is 21.3. The lowest BCUT2D eigenvalue weighted by Crippen LogP contribution is -2.28. The van der Waals surface area contributed by atoms with Gasteiger partial charge in [0, 0.05) is 0 Å². The molecule has 154 valence electrons. The Morgan fingerprint density at radius 3 is 2.27 bits per heavy atom. The van der Waals surface area contributed by atoms with Crippen LogP contribution in [0.25, 0.3) is 0 Å². The molecule has 3 rings (SSSR count). The molecule has 0 heterocycles. The van der Waals surface area contributed by atoms with E-state index in [0.29, 0.717) is 17.9 Å². The van der Waals surface area contributed by atoms with Crippen molar-refractivity contribution in [1.82, 2.24) is 5.32 Å². The number of anilines is 1. The molecule has 0 radical (unpaired) electrons. The third-order valence-corrected chi connectivity index (χ3v) is 4.69. The summed E-state index contributed by atoms with van der Waals surface area (Å²) in [4.78, 5) is 25.3. The number of carbonyl (C=O) groups is 2. The SMILES string of the molecule is CCOc1ccc(CC(=O)Nc2ccccc2C(=O)NC(C)c2ccccc2)cc1. The van der Waals surface area contributed by atoms with Crippen molar-refractivity contribution in [2.45, 2.75) is 26.3 Å². The number of ether oxygens (including phenoxy) is 1. The molecule has 0 aliphatic carbocycles. The van der Waals surface area contributed by atoms with Crippen molar-refractivity contribution in [2.24, 2.45) is 0 Å². The smallest absolute Gasteiger partial charge is 0.253 e. The number of hydrogen-bond donors (Lipinski definition) is 2. The van der Waals surface area contributed by atoms with E-state index in [-0.39, 0.29) is 24.3 Å². The standard InChI is InChI=1S/C25H26N2O3/c1-3-30-21-15-13-19(14-16-21)17-24(28)27-23-12-8-7-11-22(23)25(29)26-18(2)20-9-5-4-6-10-20/h4-16,18H,3,17H2,1-2H3,(H,26,29)(H,27,28). The molecule has 0 bridgehead atoms. The molecule has 0 fully saturated rings. The van der Waals surface area contributed by atoms with Crippen LogP contribution in [0.4, 0.5) is 5.69 Å². The highest BCUT2D eigenvalue weighted by atomic mass is 16.5. The highest BCUT2D eigenvalue weighted by molar-refractivity contribution is 6.04. The average molecular weight is 402 g/mol. The van der Waals surface area contributed by atoms with Gasteiger partial charge in [-0.1, -0.05) is 54.6 Å². The Hall–Kier alpha value is -3.60. The molecular weight excluding hydrogens is 376 g/mol. The minimum atomic E-state index is -0.233. The summed E-state index contributed by atoms with van der Waals surface area (Å²) in [5.41, 5.74) is 2.81. The van der Waals surface area contributed by atoms with Crippen LogP contribution in [0.2, 0.25) is 0 Å². The first-order chi connectivity index (χ1) is 14.6. The maximum absolute atomic E-state index is 12.8. The Kier molecular flexibility index (Phi) is 7.22. The Bertz CT molecular complexity index is 985. The lowest BCUT2D eigenvalue weighted by molar-refractivity contribution is -0.115. The molecular formula is C25H26N2O3. The molecule has 5 heteroatoms. The summed E-state index contributed by atoms with van der Waals surface area (Å²) >= 11 is 0. The van der Waals surface area contributed by atoms with Crippen LogP contribution in [0, 0.1) is 0 Å². The Morgan fingerprint density at radius 1 is 0.900 bits per heavy atom. The summed E-state index contributed by atoms with van der Waals surface area (Å²) in [6.07, 6.45) is 0.211. The third-order valence-electron chi connectivity index (χ3n) is 4.69. The van der Waals surface area contributed by atoms with Gasteiger partial charge in [-0.25, -0.2) is 0 Å². The van der Waals surface area contributed by atoms with Crippen LogP contribution in [0.3, 0.4) is 0 Å². The zero-order valence-corrected chi connectivity index (χ0v) is 17.2. The second kappa shape index (κ2) is 10.3. The van der Waals surface area contributed by atoms with E-state index >= 15 is 0 Å². The van der Waals surface area contributed by atoms with Crippen LogP contribution in [0.5, 0.6) is 5.75 Å². The van der Waals surface area contributed by atoms with Crippen molar-refractivity contribution in [3.8, 4) is 5.75 Å². The largest absolute Gasteiger partial charge is 0.494 e. The van der Waals surface area contributed by atoms with Gasteiger partial charge in [-0.2, -0.15) is 0 Å². The van der Waals surface area contributed by atoms with Gasteiger partial charge >= 0.3 is 0 Å². The second-order valence-corrected chi connectivity index (χ2v) is 6.95. The van der Waals surface area contributed by atoms with Crippen LogP contribution in [0.15, 0.2) is 78.9 Å². The number of hydrogen-bond acceptors (Lipinski definition) is 3. The Balaban J connectivity index is 1.65. The minimum absolute atomic E-state index is 0.147. The molecule has 0 saturated carbocycles. The van der Waals surface area contributed by atoms with Gasteiger partial charge in [-0.05, 0) is 49.2 Å². The predicted molar refractivity (Wildman–Crippen MR) is 119 cm³/mol. The van der Waals surface area contributed by atoms with E-state index in [1.807, 2.05) is 68.4 Å². The number of nitrogens with one attached hydrogen (secondary N) is 2. The molecule has 0 aliphatic rings. The summed E-state index contributed by atoms with van der Waals surface area (Å²) in [6, 6.07) is 24.0. The Labute approximate surface area is 177 Å². The van der Waals surface area contributed by atoms with Crippen molar-refractivity contribution >= 4 is 17.5 Å². The zero-order valence-electron chi connectivity index (χ0n) is 17.2. The van der Waals surface area contributed by atoms with E-state index in [4.69, 9.17) is 4.74 Å². The number of amides is 2. The molecule has 2 N–H and O–H groups in total. The number of rotatable bonds is 8. The first-order valence-corrected chi connectivity index (χ1v) is 10.0. The molecule has 2 amide bonds. The molecule has 0 aromatic heterocycles. The van der Waals surface area contributed by atoms with Crippen molar-refractivity contribution in [3.63, 3.8) is 0 Å². The predicted octanol–water partition coefficient (Wildman–Crippen LogP) is 4.76. The van der Waals surface area contributed by atoms with Gasteiger partial charge in [0.2, 0.25) is 5.91 Å². The van der Waals surface area contributed by atoms with Crippen LogP contribution >= 0.6 is 0 Å². The van der Waals surface area contributed by atoms with Gasteiger partial charge in [0.05, 0.1) is 30.3 Å². The molecule has 30 heavy (non-hydrogen) atoms. The third kappa shape index (κ3) is 5.70. The van der Waals surface area contributed by atoms with E-state index in [1.165, 1.54) is 0 Å². The maximum Gasteiger partial charge on any atom is 0.253 e. The second-order valence-electron chi connectivity index (χ2n) is 6.95. The van der Waals surface area contributed by atoms with E-state index in [9.17, 15) is 9.59 Å². The topological polar surface area (TPSA) is 67.4 Å². The molecule has 0 saturated heterocycles. The van der Waals surface area contributed by atoms with Crippen LogP contribution in [-0.4, -0.2) is 18.4 Å². The lowest BCUT2D eigenvalue weighted by atomic mass is 10.1. The fourth-order valence-electron chi connectivity index (χ4n) is 3.14. The van der Waals surface area contributed by atoms with Crippen molar-refractivity contribution in [3.05, 3.63) is 95.6 Å². The van der Waals surface area contributed by atoms with Gasteiger partial charge < -0.3 is 15.4 Å². The minimum Gasteiger partial charge on any atom is -0.494 e. The van der Waals surface area contributed by atoms with Gasteiger partial charge in [-0.3, -0.25) is 9.59 Å². The van der Waals surface area contributed by atoms with Gasteiger partial charge in [0.25, 0.3) is 5.91 Å². The van der Waals surface area contributed by atoms with Gasteiger partial charge in [-0.15, -0.1) is 0 Å². The summed E-state index contributed by atoms with van der Waals surface area (Å²) in [5.74, 6) is 0.357. The van der Waals surface area contributed by atoms with Crippen LogP contribution in [0.1, 0.15) is 41.4 Å². The summed E-state index contributed by atoms with van der Waals surface area (Å²) < 4.78 is 5.42. The van der Waals surface area contributed by atoms with Crippen LogP contribution < -0.4 is 15.4 Å². The van der Waals surface area contributed by atoms with Gasteiger partial charge in [0.1, 0.15) is 5.75 Å². The highest BCUT2D eigenvalue weighted by Gasteiger charge is 2.16. The summed E-state index contributed by atoms with van der Waals surface area (Å²) in [6.45, 7) is 4.46. The molecule has 5 nitrogen and oxygen atoms in total. The molecule has 3 aromatic carbocycles. The van der Waals surface area contributed by atoms with Crippen molar-refractivity contribution < 1.29 is 14.3 Å². The lowest BCUT2D eigenvalue weighted by Gasteiger charge is -2.16. The van der Waals surface area contributed by atoms with E-state index in [0.717, 1.165) is 16.9 Å². The number of para-hydroxylation sites is 1. The molecule has 1 atom stereocenters. The van der Waals surface area contributed by atoms with E-state index < -0.39 is 0 Å². The summed E-state index contributed by atoms with van der Waals surface area (Å²) in [7, 11) is 0. The number of carbonyl (C=O) groups excluding carboxylic acids is 2. The van der Waals surface area contributed by atoms with Crippen molar-refractivity contribution in [1.29, 1.82) is 0 Å². The molecule has 0 spiro atoms. The van der Waals surface area contributed by atoms with Crippen molar-refractivity contribution in [2.75, 3.05) is 11.9 Å². The molecule has 1 unspecified atom stereocenters. The first kappa shape index (κ1) is 21.1. The highest BCUT2D eigenvalue weighted by Crippen LogP contribution is 2.19. The van der Waals surface area contributed by atoms with Gasteiger partial charge in [0.15, 0.2) is 0 Å². The fourth-order valence-corrected chi connectivity index (χ4v) is 3.14. The maximum atomic E-state index is 12.8. The first-order valence-electron chi connectivity index (χ1n) is 10.0. The Morgan fingerprint density at radius 2 is 1.57 bits per heavy atom. The normalized spacial score (nSPS) is 11.4. The van der Waals surface area contributed by atoms with E-state index in [2.05, 4.69) is 10.6 Å². The quantitative estimate of drug-likeness (QED) is 0.571. The monoisotopic (exact) mass is 402 g/mol. The number of benzene rings is 3. The summed E-state index contributed by atoms with van der Waals surface area (Å²) in [5, 5.41) is 5.85. The fraction of sp³-hybridized carbons (Fsp3) is 0.200. The van der Waals surface area contributed by atoms with Crippen LogP contribution in [-0.2, 0) is 11.2 Å². The molecule has 3 aromatic rings. The average Bonchev–Trinajstić information content (AvgIpc) is 2.76. The van der Waals surface area contributed by atoms with E-state index in [1.54, 1.807) is 24.3 Å².